The van der Waals surface area contributed by atoms with Crippen molar-refractivity contribution >= 4 is 11.8 Å². The minimum Gasteiger partial charge on any atom is -0.340 e. The topological polar surface area (TPSA) is 77.4 Å². The molecule has 0 aliphatic carbocycles. The molecule has 0 aliphatic rings. The number of thioether (sulfide) groups is 1. The summed E-state index contributed by atoms with van der Waals surface area (Å²) in [5.74, 6) is 0.761. The summed E-state index contributed by atoms with van der Waals surface area (Å²) in [4.78, 5) is 9.55. The van der Waals surface area contributed by atoms with Crippen molar-refractivity contribution in [3.8, 4) is 0 Å². The van der Waals surface area contributed by atoms with Gasteiger partial charge in [-0.25, -0.2) is 4.98 Å². The zero-order valence-corrected chi connectivity index (χ0v) is 6.58. The van der Waals surface area contributed by atoms with Crippen LogP contribution in [0.5, 0.6) is 0 Å². The third kappa shape index (κ3) is 2.97. The van der Waals surface area contributed by atoms with E-state index < -0.39 is 0 Å². The molecular formula is C5H7N5S. The fraction of sp³-hybridized carbons (Fsp3) is 0.400. The molecule has 0 amide bonds. The largest absolute Gasteiger partial charge is 0.340 e. The molecule has 0 radical (unpaired) electrons. The quantitative estimate of drug-likeness (QED) is 0.245. The average Bonchev–Trinajstić information content (AvgIpc) is 2.50. The lowest BCUT2D eigenvalue weighted by atomic mass is 10.8. The van der Waals surface area contributed by atoms with E-state index >= 15 is 0 Å². The van der Waals surface area contributed by atoms with E-state index in [-0.39, 0.29) is 0 Å². The van der Waals surface area contributed by atoms with Crippen LogP contribution in [0.3, 0.4) is 0 Å². The number of hydrogen-bond acceptors (Lipinski definition) is 3. The monoisotopic (exact) mass is 169 g/mol. The summed E-state index contributed by atoms with van der Waals surface area (Å²) >= 11 is 1.54. The first-order valence-electron chi connectivity index (χ1n) is 3.06. The lowest BCUT2D eigenvalue weighted by Gasteiger charge is -1.90. The summed E-state index contributed by atoms with van der Waals surface area (Å²) in [6, 6.07) is 0. The maximum absolute atomic E-state index is 7.95. The molecule has 58 valence electrons. The number of nitrogens with one attached hydrogen (secondary N) is 1. The van der Waals surface area contributed by atoms with Crippen LogP contribution in [0.4, 0.5) is 0 Å². The molecule has 1 rings (SSSR count). The molecule has 1 N–H and O–H groups in total. The number of azide groups is 1. The summed E-state index contributed by atoms with van der Waals surface area (Å²) in [6.45, 7) is 0.502. The first-order valence-corrected chi connectivity index (χ1v) is 4.05. The molecule has 0 fully saturated rings. The molecule has 0 aromatic carbocycles. The third-order valence-corrected chi connectivity index (χ3v) is 1.85. The highest BCUT2D eigenvalue weighted by atomic mass is 32.2. The maximum atomic E-state index is 7.95. The van der Waals surface area contributed by atoms with Gasteiger partial charge in [0.25, 0.3) is 0 Å². The molecule has 0 atom stereocenters. The first-order chi connectivity index (χ1) is 5.43. The normalized spacial score (nSPS) is 9.09. The summed E-state index contributed by atoms with van der Waals surface area (Å²) in [6.07, 6.45) is 3.45. The fourth-order valence-corrected chi connectivity index (χ4v) is 1.21. The summed E-state index contributed by atoms with van der Waals surface area (Å²) in [7, 11) is 0. The summed E-state index contributed by atoms with van der Waals surface area (Å²) in [5, 5.41) is 4.25. The van der Waals surface area contributed by atoms with Crippen LogP contribution in [-0.2, 0) is 0 Å². The number of aromatic amines is 1. The van der Waals surface area contributed by atoms with Crippen molar-refractivity contribution in [1.82, 2.24) is 9.97 Å². The standard InChI is InChI=1S/C5H7N5S/c6-10-9-3-4-11-5-7-1-2-8-5/h1-2H,3-4H2,(H,7,8). The highest BCUT2D eigenvalue weighted by Gasteiger charge is 1.92. The summed E-state index contributed by atoms with van der Waals surface area (Å²) < 4.78 is 0. The van der Waals surface area contributed by atoms with Crippen molar-refractivity contribution in [2.45, 2.75) is 5.16 Å². The minimum atomic E-state index is 0.502. The van der Waals surface area contributed by atoms with Gasteiger partial charge < -0.3 is 4.98 Å². The van der Waals surface area contributed by atoms with Gasteiger partial charge in [0.1, 0.15) is 0 Å². The van der Waals surface area contributed by atoms with Gasteiger partial charge in [0.05, 0.1) is 0 Å². The highest BCUT2D eigenvalue weighted by Crippen LogP contribution is 2.10. The average molecular weight is 169 g/mol. The number of H-pyrrole nitrogens is 1. The Balaban J connectivity index is 2.18. The van der Waals surface area contributed by atoms with Crippen molar-refractivity contribution in [1.29, 1.82) is 0 Å². The van der Waals surface area contributed by atoms with Gasteiger partial charge in [0.2, 0.25) is 0 Å². The van der Waals surface area contributed by atoms with Crippen LogP contribution in [0.25, 0.3) is 10.4 Å². The smallest absolute Gasteiger partial charge is 0.165 e. The maximum Gasteiger partial charge on any atom is 0.165 e. The third-order valence-electron chi connectivity index (χ3n) is 0.966. The molecule has 1 aromatic rings. The number of imidazole rings is 1. The number of nitrogens with zero attached hydrogens (tertiary/aromatic N) is 4. The van der Waals surface area contributed by atoms with Gasteiger partial charge in [0, 0.05) is 29.6 Å². The predicted octanol–water partition coefficient (Wildman–Crippen LogP) is 1.81. The van der Waals surface area contributed by atoms with Gasteiger partial charge in [-0.3, -0.25) is 0 Å². The second kappa shape index (κ2) is 4.65. The molecule has 0 spiro atoms. The first kappa shape index (κ1) is 7.97. The summed E-state index contributed by atoms with van der Waals surface area (Å²) in [5.41, 5.74) is 7.95. The van der Waals surface area contributed by atoms with E-state index in [9.17, 15) is 0 Å². The zero-order valence-electron chi connectivity index (χ0n) is 5.77. The van der Waals surface area contributed by atoms with E-state index in [1.165, 1.54) is 11.8 Å². The molecule has 6 heteroatoms. The second-order valence-corrected chi connectivity index (χ2v) is 2.78. The van der Waals surface area contributed by atoms with Crippen LogP contribution >= 0.6 is 11.8 Å². The van der Waals surface area contributed by atoms with Gasteiger partial charge in [-0.15, -0.1) is 0 Å². The molecule has 11 heavy (non-hydrogen) atoms. The molecule has 1 heterocycles. The Morgan fingerprint density at radius 1 is 1.82 bits per heavy atom. The van der Waals surface area contributed by atoms with Crippen LogP contribution in [0.1, 0.15) is 0 Å². The van der Waals surface area contributed by atoms with E-state index in [0.29, 0.717) is 6.54 Å². The van der Waals surface area contributed by atoms with Crippen molar-refractivity contribution in [3.05, 3.63) is 22.8 Å². The number of hydrogen-bond donors (Lipinski definition) is 1. The van der Waals surface area contributed by atoms with Gasteiger partial charge in [-0.1, -0.05) is 16.9 Å². The Morgan fingerprint density at radius 2 is 2.73 bits per heavy atom. The predicted molar refractivity (Wildman–Crippen MR) is 43.3 cm³/mol. The molecule has 0 bridgehead atoms. The van der Waals surface area contributed by atoms with Crippen LogP contribution < -0.4 is 0 Å². The van der Waals surface area contributed by atoms with Crippen LogP contribution in [-0.4, -0.2) is 22.3 Å². The SMILES string of the molecule is [N-]=[N+]=NCCSc1ncc[nH]1. The lowest BCUT2D eigenvalue weighted by molar-refractivity contribution is 1.04. The van der Waals surface area contributed by atoms with Gasteiger partial charge >= 0.3 is 0 Å². The molecule has 5 nitrogen and oxygen atoms in total. The van der Waals surface area contributed by atoms with Gasteiger partial charge in [-0.2, -0.15) is 0 Å². The molecule has 0 saturated heterocycles. The fourth-order valence-electron chi connectivity index (χ4n) is 0.558. The van der Waals surface area contributed by atoms with Crippen LogP contribution in [0.2, 0.25) is 0 Å². The van der Waals surface area contributed by atoms with E-state index in [1.807, 2.05) is 0 Å². The van der Waals surface area contributed by atoms with Crippen molar-refractivity contribution < 1.29 is 0 Å². The molecule has 1 aromatic heterocycles. The zero-order chi connectivity index (χ0) is 7.94. The van der Waals surface area contributed by atoms with Gasteiger partial charge in [0.15, 0.2) is 5.16 Å². The van der Waals surface area contributed by atoms with E-state index in [0.717, 1.165) is 10.9 Å². The number of aromatic nitrogens is 2. The molecule has 0 aliphatic heterocycles. The number of rotatable bonds is 4. The Morgan fingerprint density at radius 3 is 3.36 bits per heavy atom. The van der Waals surface area contributed by atoms with Crippen molar-refractivity contribution in [2.75, 3.05) is 12.3 Å². The van der Waals surface area contributed by atoms with Crippen molar-refractivity contribution in [2.24, 2.45) is 5.11 Å². The Labute approximate surface area is 67.8 Å². The van der Waals surface area contributed by atoms with Gasteiger partial charge in [-0.05, 0) is 5.53 Å². The Hall–Kier alpha value is -1.13. The highest BCUT2D eigenvalue weighted by molar-refractivity contribution is 7.99. The Kier molecular flexibility index (Phi) is 3.37. The van der Waals surface area contributed by atoms with Crippen molar-refractivity contribution in [3.63, 3.8) is 0 Å². The molecular weight excluding hydrogens is 162 g/mol. The minimum absolute atomic E-state index is 0.502. The van der Waals surface area contributed by atoms with E-state index in [1.54, 1.807) is 12.4 Å². The van der Waals surface area contributed by atoms with Crippen LogP contribution in [0.15, 0.2) is 22.7 Å². The Bertz CT molecular complexity index is 237. The van der Waals surface area contributed by atoms with E-state index in [4.69, 9.17) is 5.53 Å². The molecule has 0 saturated carbocycles. The molecule has 0 unspecified atom stereocenters. The lowest BCUT2D eigenvalue weighted by Crippen LogP contribution is -1.83. The van der Waals surface area contributed by atoms with E-state index in [2.05, 4.69) is 20.0 Å². The second-order valence-electron chi connectivity index (χ2n) is 1.70. The van der Waals surface area contributed by atoms with Crippen LogP contribution in [0, 0.1) is 0 Å².